The molecule has 0 bridgehead atoms. The number of hydrogen-bond donors (Lipinski definition) is 1. The predicted octanol–water partition coefficient (Wildman–Crippen LogP) is 6.00. The Kier molecular flexibility index (Phi) is 5.83. The summed E-state index contributed by atoms with van der Waals surface area (Å²) in [6.07, 6.45) is 13.2. The van der Waals surface area contributed by atoms with Crippen molar-refractivity contribution in [2.45, 2.75) is 98.0 Å². The predicted molar refractivity (Wildman–Crippen MR) is 117 cm³/mol. The maximum absolute atomic E-state index is 11.4. The fourth-order valence-corrected chi connectivity index (χ4v) is 8.35. The fraction of sp³-hybridized carbons (Fsp3) is 0.846. The van der Waals surface area contributed by atoms with Gasteiger partial charge in [-0.3, -0.25) is 9.59 Å². The van der Waals surface area contributed by atoms with Crippen molar-refractivity contribution in [2.24, 2.45) is 40.4 Å². The lowest BCUT2D eigenvalue weighted by Crippen LogP contribution is -2.49. The first-order valence-electron chi connectivity index (χ1n) is 12.2. The molecular weight excluding hydrogens is 376 g/mol. The van der Waals surface area contributed by atoms with Crippen LogP contribution in [0.2, 0.25) is 0 Å². The van der Waals surface area contributed by atoms with Crippen molar-refractivity contribution in [3.63, 3.8) is 0 Å². The highest BCUT2D eigenvalue weighted by molar-refractivity contribution is 5.66. The minimum atomic E-state index is -0.664. The van der Waals surface area contributed by atoms with Crippen LogP contribution in [-0.4, -0.2) is 23.1 Å². The molecule has 3 fully saturated rings. The van der Waals surface area contributed by atoms with Gasteiger partial charge in [0.15, 0.2) is 0 Å². The summed E-state index contributed by atoms with van der Waals surface area (Å²) in [4.78, 5) is 22.5. The van der Waals surface area contributed by atoms with E-state index in [0.29, 0.717) is 35.5 Å². The van der Waals surface area contributed by atoms with E-state index in [4.69, 9.17) is 9.84 Å². The molecule has 0 saturated heterocycles. The first-order chi connectivity index (χ1) is 14.1. The van der Waals surface area contributed by atoms with E-state index in [1.807, 2.05) is 0 Å². The summed E-state index contributed by atoms with van der Waals surface area (Å²) >= 11 is 0. The Bertz CT molecular complexity index is 727. The molecule has 30 heavy (non-hydrogen) atoms. The van der Waals surface area contributed by atoms with Crippen LogP contribution >= 0.6 is 0 Å². The van der Waals surface area contributed by atoms with Crippen LogP contribution in [0.3, 0.4) is 0 Å². The number of rotatable bonds is 5. The first kappa shape index (κ1) is 21.9. The van der Waals surface area contributed by atoms with Crippen molar-refractivity contribution in [1.82, 2.24) is 0 Å². The number of esters is 1. The SMILES string of the molecule is CC(=O)OC1CCC2(C)C3=CCC4(C)C(C(C)CCC(=O)O)CCC4C3CCC2C1. The van der Waals surface area contributed by atoms with Crippen LogP contribution in [-0.2, 0) is 14.3 Å². The number of carboxylic acids is 1. The molecule has 4 nitrogen and oxygen atoms in total. The number of carbonyl (C=O) groups excluding carboxylic acids is 1. The lowest BCUT2D eigenvalue weighted by molar-refractivity contribution is -0.151. The maximum Gasteiger partial charge on any atom is 0.303 e. The highest BCUT2D eigenvalue weighted by atomic mass is 16.5. The van der Waals surface area contributed by atoms with Gasteiger partial charge in [-0.2, -0.15) is 0 Å². The van der Waals surface area contributed by atoms with Crippen LogP contribution in [0, 0.1) is 40.4 Å². The Morgan fingerprint density at radius 3 is 2.67 bits per heavy atom. The zero-order chi connectivity index (χ0) is 21.7. The quantitative estimate of drug-likeness (QED) is 0.441. The third kappa shape index (κ3) is 3.62. The zero-order valence-electron chi connectivity index (χ0n) is 19.3. The van der Waals surface area contributed by atoms with E-state index in [9.17, 15) is 9.59 Å². The summed E-state index contributed by atoms with van der Waals surface area (Å²) in [6, 6.07) is 0. The van der Waals surface area contributed by atoms with Gasteiger partial charge in [0.25, 0.3) is 0 Å². The minimum absolute atomic E-state index is 0.109. The highest BCUT2D eigenvalue weighted by Gasteiger charge is 2.57. The Hall–Kier alpha value is -1.32. The summed E-state index contributed by atoms with van der Waals surface area (Å²) in [5.74, 6) is 2.41. The van der Waals surface area contributed by atoms with Crippen molar-refractivity contribution in [3.05, 3.63) is 11.6 Å². The molecule has 0 aromatic heterocycles. The smallest absolute Gasteiger partial charge is 0.303 e. The van der Waals surface area contributed by atoms with Gasteiger partial charge in [0.1, 0.15) is 6.10 Å². The number of allylic oxidation sites excluding steroid dienone is 2. The average Bonchev–Trinajstić information content (AvgIpc) is 3.03. The summed E-state index contributed by atoms with van der Waals surface area (Å²) in [6.45, 7) is 8.81. The largest absolute Gasteiger partial charge is 0.481 e. The zero-order valence-corrected chi connectivity index (χ0v) is 19.3. The first-order valence-corrected chi connectivity index (χ1v) is 12.2. The Labute approximate surface area is 181 Å². The van der Waals surface area contributed by atoms with Crippen LogP contribution in [0.1, 0.15) is 91.9 Å². The second-order valence-electron chi connectivity index (χ2n) is 11.4. The number of aliphatic carboxylic acids is 1. The van der Waals surface area contributed by atoms with Gasteiger partial charge in [0, 0.05) is 13.3 Å². The van der Waals surface area contributed by atoms with Crippen LogP contribution in [0.15, 0.2) is 11.6 Å². The van der Waals surface area contributed by atoms with E-state index in [1.165, 1.54) is 32.6 Å². The maximum atomic E-state index is 11.4. The molecule has 4 rings (SSSR count). The molecule has 168 valence electrons. The molecule has 4 heteroatoms. The van der Waals surface area contributed by atoms with Crippen molar-refractivity contribution < 1.29 is 19.4 Å². The van der Waals surface area contributed by atoms with E-state index in [1.54, 1.807) is 5.57 Å². The molecule has 0 spiro atoms. The van der Waals surface area contributed by atoms with Gasteiger partial charge < -0.3 is 9.84 Å². The molecular formula is C26H40O4. The Balaban J connectivity index is 1.52. The molecule has 0 amide bonds. The van der Waals surface area contributed by atoms with Gasteiger partial charge in [-0.1, -0.05) is 32.4 Å². The molecule has 0 radical (unpaired) electrons. The molecule has 8 unspecified atom stereocenters. The molecule has 4 aliphatic carbocycles. The van der Waals surface area contributed by atoms with Crippen molar-refractivity contribution in [1.29, 1.82) is 0 Å². The average molecular weight is 417 g/mol. The van der Waals surface area contributed by atoms with Crippen LogP contribution < -0.4 is 0 Å². The van der Waals surface area contributed by atoms with Crippen molar-refractivity contribution in [2.75, 3.05) is 0 Å². The van der Waals surface area contributed by atoms with Gasteiger partial charge in [-0.15, -0.1) is 0 Å². The summed E-state index contributed by atoms with van der Waals surface area (Å²) in [5.41, 5.74) is 2.32. The van der Waals surface area contributed by atoms with Gasteiger partial charge >= 0.3 is 11.9 Å². The number of ether oxygens (including phenoxy) is 1. The van der Waals surface area contributed by atoms with Gasteiger partial charge in [-0.25, -0.2) is 0 Å². The van der Waals surface area contributed by atoms with E-state index in [-0.39, 0.29) is 17.5 Å². The second-order valence-corrected chi connectivity index (χ2v) is 11.4. The Morgan fingerprint density at radius 2 is 1.97 bits per heavy atom. The van der Waals surface area contributed by atoms with E-state index in [2.05, 4.69) is 26.8 Å². The molecule has 1 N–H and O–H groups in total. The van der Waals surface area contributed by atoms with Gasteiger partial charge in [0.2, 0.25) is 0 Å². The van der Waals surface area contributed by atoms with Gasteiger partial charge in [-0.05, 0) is 98.2 Å². The Morgan fingerprint density at radius 1 is 1.20 bits per heavy atom. The molecule has 0 heterocycles. The lowest BCUT2D eigenvalue weighted by atomic mass is 9.48. The standard InChI is InChI=1S/C26H40O4/c1-16(5-10-24(28)29)21-8-9-22-20-7-6-18-15-19(30-17(2)27)11-13-25(18,3)23(20)12-14-26(21,22)4/h12,16,18-22H,5-11,13-15H2,1-4H3,(H,28,29). The number of carboxylic acid groups (broad SMARTS) is 1. The number of fused-ring (bicyclic) bond motifs is 5. The summed E-state index contributed by atoms with van der Waals surface area (Å²) in [7, 11) is 0. The summed E-state index contributed by atoms with van der Waals surface area (Å²) in [5, 5.41) is 9.12. The third-order valence-electron chi connectivity index (χ3n) is 9.88. The highest BCUT2D eigenvalue weighted by Crippen LogP contribution is 2.66. The number of carbonyl (C=O) groups is 2. The summed E-state index contributed by atoms with van der Waals surface area (Å²) < 4.78 is 5.59. The molecule has 4 aliphatic rings. The number of hydrogen-bond acceptors (Lipinski definition) is 3. The van der Waals surface area contributed by atoms with Crippen LogP contribution in [0.4, 0.5) is 0 Å². The van der Waals surface area contributed by atoms with Crippen LogP contribution in [0.25, 0.3) is 0 Å². The van der Waals surface area contributed by atoms with Crippen molar-refractivity contribution in [3.8, 4) is 0 Å². The molecule has 0 aliphatic heterocycles. The van der Waals surface area contributed by atoms with Crippen LogP contribution in [0.5, 0.6) is 0 Å². The normalized spacial score (nSPS) is 43.6. The molecule has 3 saturated carbocycles. The second kappa shape index (κ2) is 7.98. The molecule has 0 aromatic carbocycles. The van der Waals surface area contributed by atoms with E-state index in [0.717, 1.165) is 38.0 Å². The monoisotopic (exact) mass is 416 g/mol. The molecule has 8 atom stereocenters. The van der Waals surface area contributed by atoms with Crippen molar-refractivity contribution >= 4 is 11.9 Å². The van der Waals surface area contributed by atoms with E-state index < -0.39 is 5.97 Å². The fourth-order valence-electron chi connectivity index (χ4n) is 8.35. The van der Waals surface area contributed by atoms with Gasteiger partial charge in [0.05, 0.1) is 0 Å². The lowest BCUT2D eigenvalue weighted by Gasteiger charge is -2.57. The van der Waals surface area contributed by atoms with E-state index >= 15 is 0 Å². The molecule has 0 aromatic rings. The topological polar surface area (TPSA) is 63.6 Å². The third-order valence-corrected chi connectivity index (χ3v) is 9.88. The minimum Gasteiger partial charge on any atom is -0.481 e.